The van der Waals surface area contributed by atoms with Gasteiger partial charge >= 0.3 is 0 Å². The number of rotatable bonds is 4. The molecule has 1 saturated heterocycles. The van der Waals surface area contributed by atoms with E-state index in [0.29, 0.717) is 17.1 Å². The van der Waals surface area contributed by atoms with Crippen LogP contribution in [0.1, 0.15) is 17.6 Å². The number of nitrogens with one attached hydrogen (secondary N) is 2. The van der Waals surface area contributed by atoms with Crippen LogP contribution in [0.2, 0.25) is 0 Å². The van der Waals surface area contributed by atoms with Gasteiger partial charge in [-0.3, -0.25) is 4.90 Å². The minimum absolute atomic E-state index is 0. The van der Waals surface area contributed by atoms with E-state index in [1.165, 1.54) is 13.1 Å². The highest BCUT2D eigenvalue weighted by atomic mass is 35.5. The molecule has 0 radical (unpaired) electrons. The molecule has 1 atom stereocenters. The van der Waals surface area contributed by atoms with E-state index in [0.717, 1.165) is 19.6 Å². The smallest absolute Gasteiger partial charge is 0.273 e. The number of sulfonamides is 1. The number of aryl methyl sites for hydroxylation is 1. The van der Waals surface area contributed by atoms with Crippen molar-refractivity contribution in [2.45, 2.75) is 18.1 Å². The first-order valence-electron chi connectivity index (χ1n) is 7.21. The minimum Gasteiger partial charge on any atom is -0.448 e. The third-order valence-electron chi connectivity index (χ3n) is 3.91. The van der Waals surface area contributed by atoms with Gasteiger partial charge in [0.15, 0.2) is 5.82 Å². The van der Waals surface area contributed by atoms with E-state index in [-0.39, 0.29) is 29.4 Å². The average Bonchev–Trinajstić information content (AvgIpc) is 3.14. The summed E-state index contributed by atoms with van der Waals surface area (Å²) in [6.45, 7) is 4.20. The van der Waals surface area contributed by atoms with Crippen LogP contribution in [0.3, 0.4) is 0 Å². The Bertz CT molecular complexity index is 803. The standard InChI is InChI=1S/C13H19N5O4S.ClH/c1-8-9(6-11(21-8)23(19,20)14-2)13-16-12(17-22-13)10-7-15-4-5-18(10)3;/h6,10,14-15H,4-5,7H2,1-3H3;1H. The van der Waals surface area contributed by atoms with E-state index in [4.69, 9.17) is 8.94 Å². The van der Waals surface area contributed by atoms with E-state index in [9.17, 15) is 8.42 Å². The second-order valence-corrected chi connectivity index (χ2v) is 7.22. The Labute approximate surface area is 146 Å². The number of likely N-dealkylation sites (N-methyl/N-ethyl adjacent to an activating group) is 1. The van der Waals surface area contributed by atoms with Crippen molar-refractivity contribution in [1.29, 1.82) is 0 Å². The molecular formula is C13H20ClN5O4S. The highest BCUT2D eigenvalue weighted by Crippen LogP contribution is 2.29. The maximum absolute atomic E-state index is 11.8. The van der Waals surface area contributed by atoms with Gasteiger partial charge in [0.05, 0.1) is 11.6 Å². The predicted molar refractivity (Wildman–Crippen MR) is 88.5 cm³/mol. The number of nitrogens with zero attached hydrogens (tertiary/aromatic N) is 3. The second-order valence-electron chi connectivity index (χ2n) is 5.40. The molecule has 134 valence electrons. The van der Waals surface area contributed by atoms with Crippen molar-refractivity contribution in [3.05, 3.63) is 17.7 Å². The summed E-state index contributed by atoms with van der Waals surface area (Å²) >= 11 is 0. The topological polar surface area (TPSA) is 114 Å². The van der Waals surface area contributed by atoms with Gasteiger partial charge < -0.3 is 14.3 Å². The molecule has 0 aromatic carbocycles. The molecule has 1 unspecified atom stereocenters. The number of halogens is 1. The van der Waals surface area contributed by atoms with Crippen molar-refractivity contribution < 1.29 is 17.4 Å². The van der Waals surface area contributed by atoms with Crippen molar-refractivity contribution in [2.24, 2.45) is 0 Å². The fourth-order valence-corrected chi connectivity index (χ4v) is 3.18. The molecule has 2 N–H and O–H groups in total. The van der Waals surface area contributed by atoms with Gasteiger partial charge in [-0.15, -0.1) is 12.4 Å². The molecule has 3 rings (SSSR count). The molecule has 0 bridgehead atoms. The van der Waals surface area contributed by atoms with Gasteiger partial charge in [0.1, 0.15) is 5.76 Å². The lowest BCUT2D eigenvalue weighted by Gasteiger charge is -2.30. The van der Waals surface area contributed by atoms with E-state index in [1.807, 2.05) is 7.05 Å². The van der Waals surface area contributed by atoms with Gasteiger partial charge in [0.2, 0.25) is 5.09 Å². The van der Waals surface area contributed by atoms with Gasteiger partial charge in [-0.1, -0.05) is 5.16 Å². The summed E-state index contributed by atoms with van der Waals surface area (Å²) in [7, 11) is -0.330. The van der Waals surface area contributed by atoms with Gasteiger partial charge in [0.25, 0.3) is 15.9 Å². The number of piperazine rings is 1. The quantitative estimate of drug-likeness (QED) is 0.793. The third kappa shape index (κ3) is 3.47. The normalized spacial score (nSPS) is 19.2. The lowest BCUT2D eigenvalue weighted by molar-refractivity contribution is 0.190. The lowest BCUT2D eigenvalue weighted by atomic mass is 10.2. The molecule has 9 nitrogen and oxygen atoms in total. The Morgan fingerprint density at radius 2 is 2.21 bits per heavy atom. The first-order valence-corrected chi connectivity index (χ1v) is 8.69. The van der Waals surface area contributed by atoms with Crippen molar-refractivity contribution >= 4 is 22.4 Å². The van der Waals surface area contributed by atoms with Crippen LogP contribution in [-0.4, -0.2) is 57.2 Å². The summed E-state index contributed by atoms with van der Waals surface area (Å²) in [6, 6.07) is 1.41. The van der Waals surface area contributed by atoms with Crippen LogP contribution in [0.25, 0.3) is 11.5 Å². The molecule has 24 heavy (non-hydrogen) atoms. The molecule has 1 fully saturated rings. The summed E-state index contributed by atoms with van der Waals surface area (Å²) in [5.41, 5.74) is 0.476. The molecule has 0 aliphatic carbocycles. The van der Waals surface area contributed by atoms with Gasteiger partial charge in [-0.05, 0) is 21.0 Å². The zero-order valence-electron chi connectivity index (χ0n) is 13.6. The zero-order valence-corrected chi connectivity index (χ0v) is 15.2. The number of furan rings is 1. The molecule has 3 heterocycles. The Balaban J connectivity index is 0.00000208. The van der Waals surface area contributed by atoms with E-state index in [2.05, 4.69) is 25.1 Å². The van der Waals surface area contributed by atoms with Gasteiger partial charge in [0, 0.05) is 25.7 Å². The zero-order chi connectivity index (χ0) is 16.6. The number of hydrogen-bond acceptors (Lipinski definition) is 8. The van der Waals surface area contributed by atoms with Crippen LogP contribution in [-0.2, 0) is 10.0 Å². The maximum Gasteiger partial charge on any atom is 0.273 e. The molecule has 1 aliphatic heterocycles. The Kier molecular flexibility index (Phi) is 5.66. The lowest BCUT2D eigenvalue weighted by Crippen LogP contribution is -2.44. The predicted octanol–water partition coefficient (Wildman–Crippen LogP) is 0.544. The van der Waals surface area contributed by atoms with Gasteiger partial charge in [-0.25, -0.2) is 13.1 Å². The maximum atomic E-state index is 11.8. The molecule has 0 amide bonds. The Morgan fingerprint density at radius 1 is 1.46 bits per heavy atom. The SMILES string of the molecule is CNS(=O)(=O)c1cc(-c2nc(C3CNCCN3C)no2)c(C)o1.Cl. The summed E-state index contributed by atoms with van der Waals surface area (Å²) < 4.78 is 36.4. The number of aromatic nitrogens is 2. The van der Waals surface area contributed by atoms with Crippen LogP contribution in [0, 0.1) is 6.92 Å². The molecule has 11 heteroatoms. The van der Waals surface area contributed by atoms with Crippen molar-refractivity contribution in [3.63, 3.8) is 0 Å². The second kappa shape index (κ2) is 7.19. The summed E-state index contributed by atoms with van der Waals surface area (Å²) in [5.74, 6) is 1.22. The first-order chi connectivity index (χ1) is 10.9. The van der Waals surface area contributed by atoms with Crippen LogP contribution in [0.4, 0.5) is 0 Å². The van der Waals surface area contributed by atoms with E-state index < -0.39 is 10.0 Å². The summed E-state index contributed by atoms with van der Waals surface area (Å²) in [6.07, 6.45) is 0. The molecule has 0 saturated carbocycles. The molecule has 2 aromatic heterocycles. The summed E-state index contributed by atoms with van der Waals surface area (Å²) in [4.78, 5) is 6.55. The van der Waals surface area contributed by atoms with Crippen molar-refractivity contribution in [3.8, 4) is 11.5 Å². The molecule has 0 spiro atoms. The van der Waals surface area contributed by atoms with Crippen molar-refractivity contribution in [2.75, 3.05) is 33.7 Å². The first kappa shape index (κ1) is 18.9. The monoisotopic (exact) mass is 377 g/mol. The van der Waals surface area contributed by atoms with Crippen LogP contribution < -0.4 is 10.0 Å². The van der Waals surface area contributed by atoms with Crippen LogP contribution >= 0.6 is 12.4 Å². The molecule has 1 aliphatic rings. The largest absolute Gasteiger partial charge is 0.448 e. The van der Waals surface area contributed by atoms with E-state index >= 15 is 0 Å². The Morgan fingerprint density at radius 3 is 2.88 bits per heavy atom. The fourth-order valence-electron chi connectivity index (χ4n) is 2.47. The number of hydrogen-bond donors (Lipinski definition) is 2. The van der Waals surface area contributed by atoms with Crippen molar-refractivity contribution in [1.82, 2.24) is 25.1 Å². The molecule has 2 aromatic rings. The third-order valence-corrected chi connectivity index (χ3v) is 5.18. The average molecular weight is 378 g/mol. The van der Waals surface area contributed by atoms with Gasteiger partial charge in [-0.2, -0.15) is 4.98 Å². The molecular weight excluding hydrogens is 358 g/mol. The fraction of sp³-hybridized carbons (Fsp3) is 0.538. The van der Waals surface area contributed by atoms with Crippen LogP contribution in [0.5, 0.6) is 0 Å². The highest BCUT2D eigenvalue weighted by molar-refractivity contribution is 7.89. The minimum atomic E-state index is -3.66. The van der Waals surface area contributed by atoms with Crippen LogP contribution in [0.15, 0.2) is 20.1 Å². The highest BCUT2D eigenvalue weighted by Gasteiger charge is 2.27. The summed E-state index contributed by atoms with van der Waals surface area (Å²) in [5, 5.41) is 7.13. The van der Waals surface area contributed by atoms with E-state index in [1.54, 1.807) is 6.92 Å². The Hall–Kier alpha value is -1.46.